The van der Waals surface area contributed by atoms with E-state index in [0.717, 1.165) is 67.2 Å². The summed E-state index contributed by atoms with van der Waals surface area (Å²) in [4.78, 5) is 19.5. The molecule has 42 heavy (non-hydrogen) atoms. The molecule has 216 valence electrons. The highest BCUT2D eigenvalue weighted by molar-refractivity contribution is 6.02. The van der Waals surface area contributed by atoms with Crippen molar-refractivity contribution in [2.75, 3.05) is 37.7 Å². The minimum atomic E-state index is -0.459. The van der Waals surface area contributed by atoms with Crippen LogP contribution in [0.5, 0.6) is 11.9 Å². The normalized spacial score (nSPS) is 25.9. The molecule has 1 N–H and O–H groups in total. The van der Waals surface area contributed by atoms with Gasteiger partial charge in [0.05, 0.1) is 11.6 Å². The second kappa shape index (κ2) is 9.22. The molecule has 4 fully saturated rings. The number of fused-ring (bicyclic) bond motifs is 7. The van der Waals surface area contributed by atoms with Crippen LogP contribution in [0.25, 0.3) is 32.9 Å². The zero-order valence-electron chi connectivity index (χ0n) is 23.9. The Hall–Kier alpha value is -3.56. The molecule has 5 aliphatic heterocycles. The highest BCUT2D eigenvalue weighted by atomic mass is 19.1. The first-order valence-corrected chi connectivity index (χ1v) is 15.5. The maximum Gasteiger partial charge on any atom is 0.319 e. The summed E-state index contributed by atoms with van der Waals surface area (Å²) in [5.74, 6) is 0.625. The van der Waals surface area contributed by atoms with Crippen LogP contribution >= 0.6 is 0 Å². The molecule has 4 saturated heterocycles. The molecular formula is C33H35FN6O2. The van der Waals surface area contributed by atoms with Crippen molar-refractivity contribution in [2.45, 2.75) is 69.1 Å². The first-order chi connectivity index (χ1) is 20.6. The van der Waals surface area contributed by atoms with Crippen molar-refractivity contribution in [1.82, 2.24) is 25.2 Å². The molecule has 9 rings (SSSR count). The number of halogens is 1. The van der Waals surface area contributed by atoms with Gasteiger partial charge in [0.15, 0.2) is 5.82 Å². The Kier molecular flexibility index (Phi) is 5.48. The molecule has 0 saturated carbocycles. The molecule has 0 spiro atoms. The van der Waals surface area contributed by atoms with Crippen LogP contribution in [-0.4, -0.2) is 76.4 Å². The van der Waals surface area contributed by atoms with Crippen molar-refractivity contribution >= 4 is 27.5 Å². The van der Waals surface area contributed by atoms with Crippen LogP contribution in [-0.2, 0) is 0 Å². The number of benzene rings is 2. The fourth-order valence-corrected chi connectivity index (χ4v) is 8.55. The zero-order chi connectivity index (χ0) is 28.0. The molecule has 2 bridgehead atoms. The number of hydrogen-bond acceptors (Lipinski definition) is 8. The molecule has 0 unspecified atom stereocenters. The van der Waals surface area contributed by atoms with Gasteiger partial charge >= 0.3 is 6.01 Å². The number of rotatable bonds is 4. The molecule has 8 nitrogen and oxygen atoms in total. The maximum absolute atomic E-state index is 16.9. The monoisotopic (exact) mass is 566 g/mol. The Balaban J connectivity index is 1.23. The zero-order valence-corrected chi connectivity index (χ0v) is 23.9. The fraction of sp³-hybridized carbons (Fsp3) is 0.485. The molecule has 2 aromatic carbocycles. The van der Waals surface area contributed by atoms with E-state index in [9.17, 15) is 0 Å². The Bertz CT molecular complexity index is 1730. The molecule has 5 aliphatic rings. The van der Waals surface area contributed by atoms with Crippen LogP contribution < -0.4 is 19.7 Å². The topological polar surface area (TPSA) is 75.6 Å². The van der Waals surface area contributed by atoms with Crippen molar-refractivity contribution in [1.29, 1.82) is 0 Å². The van der Waals surface area contributed by atoms with Gasteiger partial charge in [-0.25, -0.2) is 9.37 Å². The van der Waals surface area contributed by atoms with Crippen molar-refractivity contribution in [3.8, 4) is 23.1 Å². The SMILES string of the molecule is Cc1cccc2cccc(-c3nc4c5c(nc(OCC67CCCN6CCC7)nc5c3F)N3C[C@@H]5CC[C@@H](N5)[C@@H]3CO4)c12. The quantitative estimate of drug-likeness (QED) is 0.370. The lowest BCUT2D eigenvalue weighted by molar-refractivity contribution is 0.108. The predicted octanol–water partition coefficient (Wildman–Crippen LogP) is 5.00. The van der Waals surface area contributed by atoms with Gasteiger partial charge in [-0.3, -0.25) is 4.90 Å². The van der Waals surface area contributed by atoms with Gasteiger partial charge in [-0.15, -0.1) is 0 Å². The predicted molar refractivity (Wildman–Crippen MR) is 160 cm³/mol. The van der Waals surface area contributed by atoms with Gasteiger partial charge in [0, 0.05) is 24.2 Å². The summed E-state index contributed by atoms with van der Waals surface area (Å²) in [7, 11) is 0. The molecule has 2 aromatic heterocycles. The van der Waals surface area contributed by atoms with E-state index in [-0.39, 0.29) is 28.8 Å². The summed E-state index contributed by atoms with van der Waals surface area (Å²) in [6.07, 6.45) is 6.83. The minimum absolute atomic E-state index is 0.0415. The number of pyridine rings is 1. The van der Waals surface area contributed by atoms with Gasteiger partial charge in [0.1, 0.15) is 35.6 Å². The Morgan fingerprint density at radius 1 is 1.05 bits per heavy atom. The number of aryl methyl sites for hydroxylation is 1. The van der Waals surface area contributed by atoms with E-state index in [0.29, 0.717) is 42.4 Å². The van der Waals surface area contributed by atoms with Crippen LogP contribution in [0, 0.1) is 12.7 Å². The highest BCUT2D eigenvalue weighted by Crippen LogP contribution is 2.44. The highest BCUT2D eigenvalue weighted by Gasteiger charge is 2.46. The number of nitrogens with one attached hydrogen (secondary N) is 1. The summed E-state index contributed by atoms with van der Waals surface area (Å²) >= 11 is 0. The molecule has 0 radical (unpaired) electrons. The van der Waals surface area contributed by atoms with Crippen LogP contribution in [0.15, 0.2) is 36.4 Å². The van der Waals surface area contributed by atoms with E-state index in [1.807, 2.05) is 18.2 Å². The van der Waals surface area contributed by atoms with Crippen molar-refractivity contribution in [3.63, 3.8) is 0 Å². The van der Waals surface area contributed by atoms with E-state index in [2.05, 4.69) is 40.2 Å². The Morgan fingerprint density at radius 3 is 2.74 bits per heavy atom. The van der Waals surface area contributed by atoms with Gasteiger partial charge in [0.2, 0.25) is 5.88 Å². The number of ether oxygens (including phenoxy) is 2. The van der Waals surface area contributed by atoms with E-state index in [4.69, 9.17) is 24.4 Å². The van der Waals surface area contributed by atoms with E-state index >= 15 is 4.39 Å². The van der Waals surface area contributed by atoms with Gasteiger partial charge in [-0.05, 0) is 74.9 Å². The smallest absolute Gasteiger partial charge is 0.319 e. The molecule has 4 aromatic rings. The third-order valence-corrected chi connectivity index (χ3v) is 10.6. The van der Waals surface area contributed by atoms with Crippen LogP contribution in [0.3, 0.4) is 0 Å². The molecule has 0 aliphatic carbocycles. The maximum atomic E-state index is 16.9. The van der Waals surface area contributed by atoms with E-state index in [1.54, 1.807) is 0 Å². The summed E-state index contributed by atoms with van der Waals surface area (Å²) in [5, 5.41) is 6.33. The number of piperazine rings is 1. The lowest BCUT2D eigenvalue weighted by atomic mass is 9.95. The van der Waals surface area contributed by atoms with E-state index in [1.165, 1.54) is 12.8 Å². The average Bonchev–Trinajstić information content (AvgIpc) is 3.68. The third kappa shape index (κ3) is 3.62. The molecule has 7 heterocycles. The summed E-state index contributed by atoms with van der Waals surface area (Å²) in [6, 6.07) is 13.1. The van der Waals surface area contributed by atoms with Gasteiger partial charge < -0.3 is 19.7 Å². The average molecular weight is 567 g/mol. The molecule has 9 heteroatoms. The van der Waals surface area contributed by atoms with Crippen LogP contribution in [0.4, 0.5) is 10.2 Å². The number of aromatic nitrogens is 3. The lowest BCUT2D eigenvalue weighted by Gasteiger charge is -2.40. The van der Waals surface area contributed by atoms with Crippen molar-refractivity contribution in [3.05, 3.63) is 47.8 Å². The first kappa shape index (κ1) is 25.0. The van der Waals surface area contributed by atoms with Gasteiger partial charge in [-0.2, -0.15) is 9.97 Å². The first-order valence-electron chi connectivity index (χ1n) is 15.5. The molecule has 0 amide bonds. The molecular weight excluding hydrogens is 531 g/mol. The number of anilines is 1. The summed E-state index contributed by atoms with van der Waals surface area (Å²) in [5.41, 5.74) is 2.32. The van der Waals surface area contributed by atoms with Crippen molar-refractivity contribution in [2.24, 2.45) is 0 Å². The van der Waals surface area contributed by atoms with E-state index < -0.39 is 5.82 Å². The second-order valence-electron chi connectivity index (χ2n) is 12.9. The lowest BCUT2D eigenvalue weighted by Crippen LogP contribution is -2.60. The number of hydrogen-bond donors (Lipinski definition) is 1. The Morgan fingerprint density at radius 2 is 1.88 bits per heavy atom. The fourth-order valence-electron chi connectivity index (χ4n) is 8.55. The summed E-state index contributed by atoms with van der Waals surface area (Å²) in [6.45, 7) is 6.06. The van der Waals surface area contributed by atoms with Crippen LogP contribution in [0.1, 0.15) is 44.1 Å². The summed E-state index contributed by atoms with van der Waals surface area (Å²) < 4.78 is 29.8. The molecule has 3 atom stereocenters. The minimum Gasteiger partial charge on any atom is -0.475 e. The standard InChI is InChI=1S/C33H35FN6O2/c1-19-6-2-7-20-8-3-9-22(25(19)20)28-27(34)29-26-30(38-32(37-29)42-18-33-12-4-14-39(33)15-5-13-33)40-16-21-10-11-23(35-21)24(40)17-41-31(26)36-28/h2-3,6-9,21,23-24,35H,4-5,10-18H2,1H3/t21-,23+,24-/m0/s1. The van der Waals surface area contributed by atoms with Crippen LogP contribution in [0.2, 0.25) is 0 Å². The largest absolute Gasteiger partial charge is 0.475 e. The van der Waals surface area contributed by atoms with Gasteiger partial charge in [-0.1, -0.05) is 36.4 Å². The Labute approximate surface area is 244 Å². The number of nitrogens with zero attached hydrogens (tertiary/aromatic N) is 5. The van der Waals surface area contributed by atoms with Gasteiger partial charge in [0.25, 0.3) is 0 Å². The van der Waals surface area contributed by atoms with Crippen molar-refractivity contribution < 1.29 is 13.9 Å². The third-order valence-electron chi connectivity index (χ3n) is 10.6. The second-order valence-corrected chi connectivity index (χ2v) is 12.9.